The Morgan fingerprint density at radius 2 is 1.53 bits per heavy atom. The smallest absolute Gasteiger partial charge is 0.163 e. The second kappa shape index (κ2) is 6.03. The van der Waals surface area contributed by atoms with Crippen molar-refractivity contribution in [3.05, 3.63) is 23.8 Å². The number of carbonyl (C=O) groups excluding carboxylic acids is 2. The predicted molar refractivity (Wildman–Crippen MR) is 63.8 cm³/mol. The van der Waals surface area contributed by atoms with Crippen LogP contribution in [-0.4, -0.2) is 25.8 Å². The third kappa shape index (κ3) is 3.90. The van der Waals surface area contributed by atoms with E-state index in [1.807, 2.05) is 0 Å². The van der Waals surface area contributed by atoms with Crippen molar-refractivity contribution in [2.45, 2.75) is 19.8 Å². The van der Waals surface area contributed by atoms with Crippen LogP contribution in [0.2, 0.25) is 0 Å². The molecule has 0 aliphatic carbocycles. The van der Waals surface area contributed by atoms with Gasteiger partial charge in [-0.15, -0.1) is 0 Å². The molecule has 0 atom stereocenters. The predicted octanol–water partition coefficient (Wildman–Crippen LogP) is 2.26. The van der Waals surface area contributed by atoms with Gasteiger partial charge in [0.05, 0.1) is 14.2 Å². The standard InChI is InChI=1S/C13H16O4/c1-9(14)4-5-13(15)10-6-11(16-2)8-12(7-10)17-3/h6-8H,4-5H2,1-3H3. The summed E-state index contributed by atoms with van der Waals surface area (Å²) in [6, 6.07) is 4.98. The van der Waals surface area contributed by atoms with Crippen LogP contribution in [-0.2, 0) is 4.79 Å². The van der Waals surface area contributed by atoms with Gasteiger partial charge in [-0.25, -0.2) is 0 Å². The molecule has 0 amide bonds. The molecule has 4 nitrogen and oxygen atoms in total. The number of hydrogen-bond acceptors (Lipinski definition) is 4. The van der Waals surface area contributed by atoms with Gasteiger partial charge in [0, 0.05) is 24.5 Å². The normalized spacial score (nSPS) is 9.82. The Bertz CT molecular complexity index is 401. The van der Waals surface area contributed by atoms with E-state index < -0.39 is 0 Å². The summed E-state index contributed by atoms with van der Waals surface area (Å²) in [6.07, 6.45) is 0.476. The van der Waals surface area contributed by atoms with Crippen molar-refractivity contribution >= 4 is 11.6 Å². The molecule has 0 bridgehead atoms. The van der Waals surface area contributed by atoms with Gasteiger partial charge in [0.25, 0.3) is 0 Å². The average Bonchev–Trinajstić information content (AvgIpc) is 2.34. The third-order valence-electron chi connectivity index (χ3n) is 2.38. The summed E-state index contributed by atoms with van der Waals surface area (Å²) in [6.45, 7) is 1.47. The van der Waals surface area contributed by atoms with E-state index in [0.29, 0.717) is 17.1 Å². The molecule has 17 heavy (non-hydrogen) atoms. The number of benzene rings is 1. The van der Waals surface area contributed by atoms with E-state index in [9.17, 15) is 9.59 Å². The van der Waals surface area contributed by atoms with Crippen molar-refractivity contribution in [2.75, 3.05) is 14.2 Å². The van der Waals surface area contributed by atoms with Crippen LogP contribution in [0.3, 0.4) is 0 Å². The van der Waals surface area contributed by atoms with E-state index in [2.05, 4.69) is 0 Å². The Morgan fingerprint density at radius 3 is 1.94 bits per heavy atom. The fourth-order valence-electron chi connectivity index (χ4n) is 1.40. The highest BCUT2D eigenvalue weighted by atomic mass is 16.5. The number of ether oxygens (including phenoxy) is 2. The van der Waals surface area contributed by atoms with Gasteiger partial charge in [-0.3, -0.25) is 4.79 Å². The molecule has 0 aliphatic rings. The Balaban J connectivity index is 2.88. The molecule has 0 saturated heterocycles. The van der Waals surface area contributed by atoms with Crippen molar-refractivity contribution in [3.63, 3.8) is 0 Å². The molecule has 0 saturated carbocycles. The Hall–Kier alpha value is -1.84. The molecule has 0 heterocycles. The second-order valence-corrected chi connectivity index (χ2v) is 3.73. The lowest BCUT2D eigenvalue weighted by atomic mass is 10.0. The Kier molecular flexibility index (Phi) is 4.69. The van der Waals surface area contributed by atoms with Crippen LogP contribution >= 0.6 is 0 Å². The molecule has 1 rings (SSSR count). The van der Waals surface area contributed by atoms with Crippen molar-refractivity contribution in [1.29, 1.82) is 0 Å². The minimum atomic E-state index is -0.0857. The van der Waals surface area contributed by atoms with Gasteiger partial charge in [0.1, 0.15) is 17.3 Å². The van der Waals surface area contributed by atoms with Crippen LogP contribution < -0.4 is 9.47 Å². The van der Waals surface area contributed by atoms with E-state index >= 15 is 0 Å². The maximum atomic E-state index is 11.8. The number of carbonyl (C=O) groups is 2. The van der Waals surface area contributed by atoms with Crippen LogP contribution in [0, 0.1) is 0 Å². The van der Waals surface area contributed by atoms with Gasteiger partial charge in [0.2, 0.25) is 0 Å². The zero-order valence-corrected chi connectivity index (χ0v) is 10.3. The first-order chi connectivity index (χ1) is 8.06. The first kappa shape index (κ1) is 13.2. The van der Waals surface area contributed by atoms with Crippen LogP contribution in [0.25, 0.3) is 0 Å². The topological polar surface area (TPSA) is 52.6 Å². The number of hydrogen-bond donors (Lipinski definition) is 0. The summed E-state index contributed by atoms with van der Waals surface area (Å²) in [5.74, 6) is 1.05. The van der Waals surface area contributed by atoms with Crippen LogP contribution in [0.15, 0.2) is 18.2 Å². The second-order valence-electron chi connectivity index (χ2n) is 3.73. The monoisotopic (exact) mass is 236 g/mol. The van der Waals surface area contributed by atoms with Crippen molar-refractivity contribution in [1.82, 2.24) is 0 Å². The highest BCUT2D eigenvalue weighted by Crippen LogP contribution is 2.23. The number of rotatable bonds is 6. The number of methoxy groups -OCH3 is 2. The molecule has 0 aliphatic heterocycles. The first-order valence-corrected chi connectivity index (χ1v) is 5.32. The summed E-state index contributed by atoms with van der Waals surface area (Å²) < 4.78 is 10.1. The molecule has 0 radical (unpaired) electrons. The van der Waals surface area contributed by atoms with E-state index in [1.165, 1.54) is 21.1 Å². The maximum Gasteiger partial charge on any atom is 0.163 e. The fraction of sp³-hybridized carbons (Fsp3) is 0.385. The molecule has 0 N–H and O–H groups in total. The van der Waals surface area contributed by atoms with Gasteiger partial charge in [-0.05, 0) is 19.1 Å². The summed E-state index contributed by atoms with van der Waals surface area (Å²) >= 11 is 0. The maximum absolute atomic E-state index is 11.8. The zero-order valence-electron chi connectivity index (χ0n) is 10.3. The molecule has 1 aromatic carbocycles. The Morgan fingerprint density at radius 1 is 1.00 bits per heavy atom. The van der Waals surface area contributed by atoms with Crippen molar-refractivity contribution in [2.24, 2.45) is 0 Å². The molecule has 4 heteroatoms. The molecular weight excluding hydrogens is 220 g/mol. The van der Waals surface area contributed by atoms with Crippen molar-refractivity contribution in [3.8, 4) is 11.5 Å². The lowest BCUT2D eigenvalue weighted by Crippen LogP contribution is -2.03. The van der Waals surface area contributed by atoms with E-state index in [4.69, 9.17) is 9.47 Å². The summed E-state index contributed by atoms with van der Waals surface area (Å²) in [5.41, 5.74) is 0.502. The average molecular weight is 236 g/mol. The van der Waals surface area contributed by atoms with Gasteiger partial charge < -0.3 is 14.3 Å². The number of ketones is 2. The molecule has 0 unspecified atom stereocenters. The molecule has 92 valence electrons. The molecule has 0 spiro atoms. The highest BCUT2D eigenvalue weighted by molar-refractivity contribution is 5.98. The van der Waals surface area contributed by atoms with Gasteiger partial charge in [0.15, 0.2) is 5.78 Å². The first-order valence-electron chi connectivity index (χ1n) is 5.32. The highest BCUT2D eigenvalue weighted by Gasteiger charge is 2.10. The largest absolute Gasteiger partial charge is 0.497 e. The molecule has 0 fully saturated rings. The SMILES string of the molecule is COc1cc(OC)cc(C(=O)CCC(C)=O)c1. The minimum absolute atomic E-state index is 0.00760. The Labute approximate surface area is 101 Å². The van der Waals surface area contributed by atoms with Crippen LogP contribution in [0.4, 0.5) is 0 Å². The third-order valence-corrected chi connectivity index (χ3v) is 2.38. The van der Waals surface area contributed by atoms with E-state index in [0.717, 1.165) is 0 Å². The van der Waals surface area contributed by atoms with Crippen LogP contribution in [0.5, 0.6) is 11.5 Å². The van der Waals surface area contributed by atoms with Gasteiger partial charge in [-0.2, -0.15) is 0 Å². The van der Waals surface area contributed by atoms with Crippen LogP contribution in [0.1, 0.15) is 30.1 Å². The molecule has 0 aromatic heterocycles. The lowest BCUT2D eigenvalue weighted by molar-refractivity contribution is -0.116. The molecule has 1 aromatic rings. The van der Waals surface area contributed by atoms with Gasteiger partial charge >= 0.3 is 0 Å². The van der Waals surface area contributed by atoms with Crippen molar-refractivity contribution < 1.29 is 19.1 Å². The summed E-state index contributed by atoms with van der Waals surface area (Å²) in [5, 5.41) is 0. The van der Waals surface area contributed by atoms with E-state index in [-0.39, 0.29) is 24.4 Å². The molecular formula is C13H16O4. The zero-order chi connectivity index (χ0) is 12.8. The fourth-order valence-corrected chi connectivity index (χ4v) is 1.40. The lowest BCUT2D eigenvalue weighted by Gasteiger charge is -2.07. The minimum Gasteiger partial charge on any atom is -0.497 e. The number of Topliss-reactive ketones (excluding diaryl/α,β-unsaturated/α-hetero) is 2. The quantitative estimate of drug-likeness (QED) is 0.711. The summed E-state index contributed by atoms with van der Waals surface area (Å²) in [4.78, 5) is 22.6. The summed E-state index contributed by atoms with van der Waals surface area (Å²) in [7, 11) is 3.05. The van der Waals surface area contributed by atoms with E-state index in [1.54, 1.807) is 18.2 Å². The van der Waals surface area contributed by atoms with Gasteiger partial charge in [-0.1, -0.05) is 0 Å².